The highest BCUT2D eigenvalue weighted by Gasteiger charge is 2.28. The number of piperidine rings is 1. The van der Waals surface area contributed by atoms with Gasteiger partial charge in [-0.1, -0.05) is 0 Å². The molecule has 1 amide bonds. The van der Waals surface area contributed by atoms with Crippen LogP contribution in [0.1, 0.15) is 35.1 Å². The first kappa shape index (κ1) is 14.7. The molecule has 0 unspecified atom stereocenters. The fourth-order valence-corrected chi connectivity index (χ4v) is 3.30. The van der Waals surface area contributed by atoms with Crippen molar-refractivity contribution >= 4 is 5.91 Å². The molecule has 1 atom stereocenters. The van der Waals surface area contributed by atoms with Gasteiger partial charge in [-0.3, -0.25) is 4.79 Å². The first-order valence-corrected chi connectivity index (χ1v) is 8.10. The maximum absolute atomic E-state index is 12.5. The summed E-state index contributed by atoms with van der Waals surface area (Å²) in [6.07, 6.45) is 8.93. The Balaban J connectivity index is 1.58. The van der Waals surface area contributed by atoms with Crippen molar-refractivity contribution in [2.24, 2.45) is 0 Å². The Morgan fingerprint density at radius 1 is 1.42 bits per heavy atom. The number of likely N-dealkylation sites (tertiary alicyclic amines) is 1. The van der Waals surface area contributed by atoms with Crippen LogP contribution in [0.5, 0.6) is 0 Å². The van der Waals surface area contributed by atoms with E-state index in [4.69, 9.17) is 4.42 Å². The standard InChI is InChI=1S/C17H19N5O2/c1-12-15(20-11-19-12)16-18-6-8-22(16)13-4-2-7-21(10-13)17(23)14-5-3-9-24-14/h3,5-6,8-9,11,13H,2,4,7,10H2,1H3,(H,19,20)/t13-/m1/s1. The van der Waals surface area contributed by atoms with Crippen molar-refractivity contribution in [2.75, 3.05) is 13.1 Å². The fourth-order valence-electron chi connectivity index (χ4n) is 3.30. The van der Waals surface area contributed by atoms with Crippen molar-refractivity contribution in [1.29, 1.82) is 0 Å². The van der Waals surface area contributed by atoms with Crippen LogP contribution in [-0.4, -0.2) is 43.4 Å². The average Bonchev–Trinajstić information content (AvgIpc) is 3.35. The summed E-state index contributed by atoms with van der Waals surface area (Å²) >= 11 is 0. The summed E-state index contributed by atoms with van der Waals surface area (Å²) in [6, 6.07) is 3.64. The van der Waals surface area contributed by atoms with Gasteiger partial charge in [0, 0.05) is 31.2 Å². The van der Waals surface area contributed by atoms with E-state index in [1.807, 2.05) is 18.0 Å². The number of H-pyrrole nitrogens is 1. The van der Waals surface area contributed by atoms with Crippen LogP contribution in [0.3, 0.4) is 0 Å². The van der Waals surface area contributed by atoms with E-state index in [1.54, 1.807) is 24.7 Å². The number of hydrogen-bond acceptors (Lipinski definition) is 4. The molecule has 124 valence electrons. The Labute approximate surface area is 139 Å². The zero-order valence-electron chi connectivity index (χ0n) is 13.5. The van der Waals surface area contributed by atoms with E-state index in [2.05, 4.69) is 19.5 Å². The molecule has 0 aromatic carbocycles. The second-order valence-electron chi connectivity index (χ2n) is 6.06. The third-order valence-electron chi connectivity index (χ3n) is 4.52. The lowest BCUT2D eigenvalue weighted by Gasteiger charge is -2.33. The number of nitrogens with zero attached hydrogens (tertiary/aromatic N) is 4. The fraction of sp³-hybridized carbons (Fsp3) is 0.353. The van der Waals surface area contributed by atoms with Crippen molar-refractivity contribution in [2.45, 2.75) is 25.8 Å². The highest BCUT2D eigenvalue weighted by atomic mass is 16.3. The Morgan fingerprint density at radius 3 is 3.08 bits per heavy atom. The van der Waals surface area contributed by atoms with E-state index in [-0.39, 0.29) is 11.9 Å². The molecule has 1 N–H and O–H groups in total. The number of amides is 1. The molecular formula is C17H19N5O2. The second kappa shape index (κ2) is 5.99. The number of carbonyl (C=O) groups excluding carboxylic acids is 1. The number of aromatic nitrogens is 4. The van der Waals surface area contributed by atoms with Crippen LogP contribution in [0.2, 0.25) is 0 Å². The number of aromatic amines is 1. The number of hydrogen-bond donors (Lipinski definition) is 1. The minimum absolute atomic E-state index is 0.0534. The molecule has 3 aromatic rings. The Morgan fingerprint density at radius 2 is 2.33 bits per heavy atom. The molecule has 1 saturated heterocycles. The lowest BCUT2D eigenvalue weighted by atomic mass is 10.0. The van der Waals surface area contributed by atoms with Gasteiger partial charge in [0.2, 0.25) is 0 Å². The lowest BCUT2D eigenvalue weighted by Crippen LogP contribution is -2.40. The largest absolute Gasteiger partial charge is 0.459 e. The molecule has 0 bridgehead atoms. The van der Waals surface area contributed by atoms with E-state index >= 15 is 0 Å². The number of imidazole rings is 2. The predicted molar refractivity (Wildman–Crippen MR) is 87.4 cm³/mol. The number of furan rings is 1. The first-order valence-electron chi connectivity index (χ1n) is 8.10. The van der Waals surface area contributed by atoms with Crippen molar-refractivity contribution in [3.8, 4) is 11.5 Å². The molecule has 0 spiro atoms. The molecule has 7 heteroatoms. The van der Waals surface area contributed by atoms with E-state index in [0.29, 0.717) is 12.3 Å². The van der Waals surface area contributed by atoms with Gasteiger partial charge in [0.25, 0.3) is 5.91 Å². The molecule has 1 aliphatic rings. The molecule has 0 radical (unpaired) electrons. The molecular weight excluding hydrogens is 306 g/mol. The first-order chi connectivity index (χ1) is 11.7. The van der Waals surface area contributed by atoms with Gasteiger partial charge in [0.1, 0.15) is 5.69 Å². The summed E-state index contributed by atoms with van der Waals surface area (Å²) in [7, 11) is 0. The molecule has 24 heavy (non-hydrogen) atoms. The monoisotopic (exact) mass is 325 g/mol. The van der Waals surface area contributed by atoms with Crippen molar-refractivity contribution in [3.63, 3.8) is 0 Å². The van der Waals surface area contributed by atoms with E-state index < -0.39 is 0 Å². The smallest absolute Gasteiger partial charge is 0.289 e. The highest BCUT2D eigenvalue weighted by molar-refractivity contribution is 5.91. The van der Waals surface area contributed by atoms with Crippen molar-refractivity contribution in [1.82, 2.24) is 24.4 Å². The van der Waals surface area contributed by atoms with Crippen LogP contribution in [-0.2, 0) is 0 Å². The minimum Gasteiger partial charge on any atom is -0.459 e. The van der Waals surface area contributed by atoms with Gasteiger partial charge in [-0.2, -0.15) is 0 Å². The Bertz CT molecular complexity index is 833. The van der Waals surface area contributed by atoms with Gasteiger partial charge in [-0.25, -0.2) is 9.97 Å². The molecule has 3 aromatic heterocycles. The van der Waals surface area contributed by atoms with E-state index in [0.717, 1.165) is 36.6 Å². The number of aryl methyl sites for hydroxylation is 1. The number of rotatable bonds is 3. The van der Waals surface area contributed by atoms with Gasteiger partial charge in [-0.05, 0) is 31.9 Å². The summed E-state index contributed by atoms with van der Waals surface area (Å²) in [5, 5.41) is 0. The maximum Gasteiger partial charge on any atom is 0.289 e. The van der Waals surface area contributed by atoms with Crippen molar-refractivity contribution in [3.05, 3.63) is 48.6 Å². The summed E-state index contributed by atoms with van der Waals surface area (Å²) in [6.45, 7) is 3.38. The van der Waals surface area contributed by atoms with Gasteiger partial charge in [0.05, 0.1) is 18.6 Å². The van der Waals surface area contributed by atoms with Crippen LogP contribution in [0.25, 0.3) is 11.5 Å². The summed E-state index contributed by atoms with van der Waals surface area (Å²) in [5.41, 5.74) is 1.84. The van der Waals surface area contributed by atoms with Crippen LogP contribution < -0.4 is 0 Å². The quantitative estimate of drug-likeness (QED) is 0.803. The minimum atomic E-state index is -0.0534. The summed E-state index contributed by atoms with van der Waals surface area (Å²) in [5.74, 6) is 1.18. The Kier molecular flexibility index (Phi) is 3.68. The topological polar surface area (TPSA) is 80.0 Å². The number of carbonyl (C=O) groups is 1. The maximum atomic E-state index is 12.5. The zero-order chi connectivity index (χ0) is 16.5. The zero-order valence-corrected chi connectivity index (χ0v) is 13.5. The molecule has 7 nitrogen and oxygen atoms in total. The lowest BCUT2D eigenvalue weighted by molar-refractivity contribution is 0.0648. The summed E-state index contributed by atoms with van der Waals surface area (Å²) in [4.78, 5) is 26.3. The van der Waals surface area contributed by atoms with Gasteiger partial charge >= 0.3 is 0 Å². The molecule has 4 heterocycles. The van der Waals surface area contributed by atoms with Gasteiger partial charge in [0.15, 0.2) is 11.6 Å². The molecule has 0 aliphatic carbocycles. The average molecular weight is 325 g/mol. The highest BCUT2D eigenvalue weighted by Crippen LogP contribution is 2.28. The van der Waals surface area contributed by atoms with Crippen molar-refractivity contribution < 1.29 is 9.21 Å². The third kappa shape index (κ3) is 2.51. The number of nitrogens with one attached hydrogen (secondary N) is 1. The van der Waals surface area contributed by atoms with Crippen LogP contribution in [0, 0.1) is 6.92 Å². The van der Waals surface area contributed by atoms with Crippen LogP contribution in [0.4, 0.5) is 0 Å². The second-order valence-corrected chi connectivity index (χ2v) is 6.06. The van der Waals surface area contributed by atoms with Crippen LogP contribution in [0.15, 0.2) is 41.5 Å². The van der Waals surface area contributed by atoms with Gasteiger partial charge < -0.3 is 18.9 Å². The molecule has 1 fully saturated rings. The van der Waals surface area contributed by atoms with E-state index in [9.17, 15) is 4.79 Å². The SMILES string of the molecule is Cc1[nH]cnc1-c1nccn1[C@@H]1CCCN(C(=O)c2ccco2)C1. The van der Waals surface area contributed by atoms with Crippen LogP contribution >= 0.6 is 0 Å². The molecule has 4 rings (SSSR count). The normalized spacial score (nSPS) is 18.0. The summed E-state index contributed by atoms with van der Waals surface area (Å²) < 4.78 is 7.38. The molecule has 1 aliphatic heterocycles. The molecule has 0 saturated carbocycles. The Hall–Kier alpha value is -2.83. The predicted octanol–water partition coefficient (Wildman–Crippen LogP) is 2.65. The van der Waals surface area contributed by atoms with E-state index in [1.165, 1.54) is 6.26 Å². The third-order valence-corrected chi connectivity index (χ3v) is 4.52. The van der Waals surface area contributed by atoms with Gasteiger partial charge in [-0.15, -0.1) is 0 Å².